The maximum Gasteiger partial charge on any atom is 0.223 e. The first-order chi connectivity index (χ1) is 8.63. The van der Waals surface area contributed by atoms with Gasteiger partial charge in [0.05, 0.1) is 12.8 Å². The highest BCUT2D eigenvalue weighted by Gasteiger charge is 2.10. The summed E-state index contributed by atoms with van der Waals surface area (Å²) in [5.41, 5.74) is 2.52. The summed E-state index contributed by atoms with van der Waals surface area (Å²) in [7, 11) is 3.41. The Labute approximate surface area is 111 Å². The molecule has 0 unspecified atom stereocenters. The van der Waals surface area contributed by atoms with Crippen LogP contribution in [0.15, 0.2) is 24.3 Å². The van der Waals surface area contributed by atoms with Crippen molar-refractivity contribution in [2.45, 2.75) is 6.92 Å². The summed E-state index contributed by atoms with van der Waals surface area (Å²) < 4.78 is 5.33. The van der Waals surface area contributed by atoms with Gasteiger partial charge in [-0.1, -0.05) is 11.6 Å². The van der Waals surface area contributed by atoms with Gasteiger partial charge in [0, 0.05) is 23.3 Å². The van der Waals surface area contributed by atoms with Crippen LogP contribution in [0.25, 0.3) is 11.3 Å². The first kappa shape index (κ1) is 12.6. The molecule has 18 heavy (non-hydrogen) atoms. The number of aryl methyl sites for hydroxylation is 1. The van der Waals surface area contributed by atoms with Gasteiger partial charge in [0.1, 0.15) is 5.75 Å². The van der Waals surface area contributed by atoms with Crippen LogP contribution in [0.3, 0.4) is 0 Å². The van der Waals surface area contributed by atoms with Crippen LogP contribution in [0.4, 0.5) is 5.95 Å². The fourth-order valence-electron chi connectivity index (χ4n) is 1.70. The minimum Gasteiger partial charge on any atom is -0.496 e. The third kappa shape index (κ3) is 2.54. The molecule has 0 spiro atoms. The molecule has 0 amide bonds. The van der Waals surface area contributed by atoms with E-state index in [1.165, 1.54) is 0 Å². The molecule has 0 saturated heterocycles. The number of hydrogen-bond donors (Lipinski definition) is 1. The minimum absolute atomic E-state index is 0.576. The predicted molar refractivity (Wildman–Crippen MR) is 73.3 cm³/mol. The van der Waals surface area contributed by atoms with E-state index in [0.29, 0.717) is 11.0 Å². The molecule has 2 rings (SSSR count). The van der Waals surface area contributed by atoms with Crippen molar-refractivity contribution in [2.75, 3.05) is 19.5 Å². The SMILES string of the molecule is CNc1nc(C)cc(-c2cc(Cl)ccc2OC)n1. The minimum atomic E-state index is 0.576. The van der Waals surface area contributed by atoms with E-state index in [0.717, 1.165) is 22.7 Å². The molecule has 0 bridgehead atoms. The van der Waals surface area contributed by atoms with Crippen molar-refractivity contribution in [1.29, 1.82) is 0 Å². The van der Waals surface area contributed by atoms with Crippen molar-refractivity contribution in [3.8, 4) is 17.0 Å². The van der Waals surface area contributed by atoms with Crippen LogP contribution in [0.2, 0.25) is 5.02 Å². The Morgan fingerprint density at radius 2 is 2.00 bits per heavy atom. The molecule has 1 heterocycles. The standard InChI is InChI=1S/C13H14ClN3O/c1-8-6-11(17-13(15-2)16-8)10-7-9(14)4-5-12(10)18-3/h4-7H,1-3H3,(H,15,16,17). The van der Waals surface area contributed by atoms with Gasteiger partial charge in [-0.05, 0) is 31.2 Å². The second-order valence-corrected chi connectivity index (χ2v) is 4.25. The smallest absolute Gasteiger partial charge is 0.223 e. The molecule has 1 N–H and O–H groups in total. The van der Waals surface area contributed by atoms with Gasteiger partial charge >= 0.3 is 0 Å². The number of aromatic nitrogens is 2. The highest BCUT2D eigenvalue weighted by molar-refractivity contribution is 6.30. The van der Waals surface area contributed by atoms with Gasteiger partial charge in [0.25, 0.3) is 0 Å². The van der Waals surface area contributed by atoms with Gasteiger partial charge in [-0.25, -0.2) is 9.97 Å². The second-order valence-electron chi connectivity index (χ2n) is 3.81. The van der Waals surface area contributed by atoms with E-state index in [2.05, 4.69) is 15.3 Å². The monoisotopic (exact) mass is 263 g/mol. The van der Waals surface area contributed by atoms with Gasteiger partial charge in [0.2, 0.25) is 5.95 Å². The molecule has 0 aliphatic heterocycles. The van der Waals surface area contributed by atoms with Crippen LogP contribution in [0.5, 0.6) is 5.75 Å². The first-order valence-corrected chi connectivity index (χ1v) is 5.89. The van der Waals surface area contributed by atoms with Crippen LogP contribution >= 0.6 is 11.6 Å². The van der Waals surface area contributed by atoms with E-state index in [1.54, 1.807) is 20.2 Å². The summed E-state index contributed by atoms with van der Waals surface area (Å²) >= 11 is 6.02. The van der Waals surface area contributed by atoms with Crippen molar-refractivity contribution >= 4 is 17.5 Å². The molecule has 2 aromatic rings. The van der Waals surface area contributed by atoms with Crippen LogP contribution in [0.1, 0.15) is 5.69 Å². The number of benzene rings is 1. The van der Waals surface area contributed by atoms with Crippen LogP contribution in [-0.4, -0.2) is 24.1 Å². The Kier molecular flexibility index (Phi) is 3.67. The summed E-state index contributed by atoms with van der Waals surface area (Å²) in [6.07, 6.45) is 0. The third-order valence-electron chi connectivity index (χ3n) is 2.52. The molecule has 94 valence electrons. The van der Waals surface area contributed by atoms with Gasteiger partial charge in [-0.2, -0.15) is 0 Å². The summed E-state index contributed by atoms with van der Waals surface area (Å²) in [6, 6.07) is 7.35. The van der Waals surface area contributed by atoms with Gasteiger partial charge in [-0.3, -0.25) is 0 Å². The van der Waals surface area contributed by atoms with E-state index in [9.17, 15) is 0 Å². The second kappa shape index (κ2) is 5.23. The number of methoxy groups -OCH3 is 1. The molecule has 0 saturated carbocycles. The predicted octanol–water partition coefficient (Wildman–Crippen LogP) is 3.16. The maximum absolute atomic E-state index is 6.02. The summed E-state index contributed by atoms with van der Waals surface area (Å²) in [4.78, 5) is 8.67. The average Bonchev–Trinajstić information content (AvgIpc) is 2.38. The Balaban J connectivity index is 2.60. The Morgan fingerprint density at radius 3 is 2.67 bits per heavy atom. The molecule has 0 radical (unpaired) electrons. The van der Waals surface area contributed by atoms with Crippen molar-refractivity contribution in [2.24, 2.45) is 0 Å². The largest absolute Gasteiger partial charge is 0.496 e. The lowest BCUT2D eigenvalue weighted by Crippen LogP contribution is -2.00. The fourth-order valence-corrected chi connectivity index (χ4v) is 1.87. The van der Waals surface area contributed by atoms with Crippen molar-refractivity contribution in [3.63, 3.8) is 0 Å². The molecule has 1 aromatic heterocycles. The number of nitrogens with one attached hydrogen (secondary N) is 1. The molecule has 0 aliphatic carbocycles. The number of halogens is 1. The van der Waals surface area contributed by atoms with E-state index < -0.39 is 0 Å². The van der Waals surface area contributed by atoms with Crippen LogP contribution in [-0.2, 0) is 0 Å². The fraction of sp³-hybridized carbons (Fsp3) is 0.231. The highest BCUT2D eigenvalue weighted by atomic mass is 35.5. The van der Waals surface area contributed by atoms with Gasteiger partial charge < -0.3 is 10.1 Å². The summed E-state index contributed by atoms with van der Waals surface area (Å²) in [5.74, 6) is 1.31. The lowest BCUT2D eigenvalue weighted by atomic mass is 10.1. The van der Waals surface area contributed by atoms with Crippen LogP contribution < -0.4 is 10.1 Å². The molecule has 0 fully saturated rings. The first-order valence-electron chi connectivity index (χ1n) is 5.51. The lowest BCUT2D eigenvalue weighted by molar-refractivity contribution is 0.416. The molecule has 0 aliphatic rings. The normalized spacial score (nSPS) is 10.2. The summed E-state index contributed by atoms with van der Waals surface area (Å²) in [6.45, 7) is 1.92. The molecular weight excluding hydrogens is 250 g/mol. The third-order valence-corrected chi connectivity index (χ3v) is 2.75. The Hall–Kier alpha value is -1.81. The number of rotatable bonds is 3. The molecule has 0 atom stereocenters. The van der Waals surface area contributed by atoms with Crippen molar-refractivity contribution < 1.29 is 4.74 Å². The van der Waals surface area contributed by atoms with E-state index in [-0.39, 0.29) is 0 Å². The molecule has 1 aromatic carbocycles. The quantitative estimate of drug-likeness (QED) is 0.924. The Morgan fingerprint density at radius 1 is 1.22 bits per heavy atom. The zero-order valence-electron chi connectivity index (χ0n) is 10.5. The molecular formula is C13H14ClN3O. The maximum atomic E-state index is 6.02. The molecule has 5 heteroatoms. The van der Waals surface area contributed by atoms with Crippen molar-refractivity contribution in [3.05, 3.63) is 35.0 Å². The number of ether oxygens (including phenoxy) is 1. The van der Waals surface area contributed by atoms with Crippen molar-refractivity contribution in [1.82, 2.24) is 9.97 Å². The van der Waals surface area contributed by atoms with Crippen LogP contribution in [0, 0.1) is 6.92 Å². The summed E-state index contributed by atoms with van der Waals surface area (Å²) in [5, 5.41) is 3.58. The average molecular weight is 264 g/mol. The van der Waals surface area contributed by atoms with E-state index in [4.69, 9.17) is 16.3 Å². The highest BCUT2D eigenvalue weighted by Crippen LogP contribution is 2.31. The van der Waals surface area contributed by atoms with Gasteiger partial charge in [0.15, 0.2) is 0 Å². The van der Waals surface area contributed by atoms with Gasteiger partial charge in [-0.15, -0.1) is 0 Å². The number of nitrogens with zero attached hydrogens (tertiary/aromatic N) is 2. The zero-order chi connectivity index (χ0) is 13.1. The molecule has 4 nitrogen and oxygen atoms in total. The lowest BCUT2D eigenvalue weighted by Gasteiger charge is -2.10. The van der Waals surface area contributed by atoms with E-state index >= 15 is 0 Å². The number of hydrogen-bond acceptors (Lipinski definition) is 4. The number of anilines is 1. The van der Waals surface area contributed by atoms with E-state index in [1.807, 2.05) is 25.1 Å². The topological polar surface area (TPSA) is 47.0 Å². The zero-order valence-corrected chi connectivity index (χ0v) is 11.2. The Bertz CT molecular complexity index is 572.